The fourth-order valence-electron chi connectivity index (χ4n) is 3.46. The minimum absolute atomic E-state index is 0.0558. The van der Waals surface area contributed by atoms with Gasteiger partial charge in [0.15, 0.2) is 0 Å². The molecule has 2 amide bonds. The van der Waals surface area contributed by atoms with Crippen molar-refractivity contribution in [2.45, 2.75) is 19.8 Å². The molecule has 7 heteroatoms. The number of piperazine rings is 1. The molecule has 154 valence electrons. The first kappa shape index (κ1) is 21.3. The van der Waals surface area contributed by atoms with E-state index in [0.717, 1.165) is 17.7 Å². The van der Waals surface area contributed by atoms with Gasteiger partial charge in [0.2, 0.25) is 11.8 Å². The second-order valence-corrected chi connectivity index (χ2v) is 7.50. The van der Waals surface area contributed by atoms with E-state index in [4.69, 9.17) is 11.6 Å². The Balaban J connectivity index is 1.49. The first-order chi connectivity index (χ1) is 14.0. The second kappa shape index (κ2) is 9.85. The number of rotatable bonds is 6. The Bertz CT molecular complexity index is 862. The van der Waals surface area contributed by atoms with Crippen molar-refractivity contribution in [3.63, 3.8) is 0 Å². The fourth-order valence-corrected chi connectivity index (χ4v) is 3.69. The molecule has 29 heavy (non-hydrogen) atoms. The summed E-state index contributed by atoms with van der Waals surface area (Å²) in [5, 5.41) is 3.24. The molecular weight excluding hydrogens is 393 g/mol. The van der Waals surface area contributed by atoms with E-state index < -0.39 is 5.82 Å². The lowest BCUT2D eigenvalue weighted by atomic mass is 10.1. The summed E-state index contributed by atoms with van der Waals surface area (Å²) in [6.45, 7) is 4.53. The van der Waals surface area contributed by atoms with Crippen LogP contribution in [0.3, 0.4) is 0 Å². The van der Waals surface area contributed by atoms with Gasteiger partial charge < -0.3 is 10.2 Å². The average molecular weight is 418 g/mol. The van der Waals surface area contributed by atoms with Crippen LogP contribution in [0.4, 0.5) is 10.1 Å². The van der Waals surface area contributed by atoms with Gasteiger partial charge in [0.25, 0.3) is 0 Å². The highest BCUT2D eigenvalue weighted by Crippen LogP contribution is 2.20. The zero-order chi connectivity index (χ0) is 20.8. The summed E-state index contributed by atoms with van der Waals surface area (Å²) in [5.41, 5.74) is 2.18. The number of hydrogen-bond acceptors (Lipinski definition) is 3. The van der Waals surface area contributed by atoms with Crippen LogP contribution in [0.1, 0.15) is 18.1 Å². The number of carbonyl (C=O) groups is 2. The largest absolute Gasteiger partial charge is 0.340 e. The molecule has 1 saturated heterocycles. The van der Waals surface area contributed by atoms with Crippen molar-refractivity contribution >= 4 is 29.1 Å². The molecule has 0 radical (unpaired) electrons. The Morgan fingerprint density at radius 1 is 1.07 bits per heavy atom. The summed E-state index contributed by atoms with van der Waals surface area (Å²) < 4.78 is 13.9. The van der Waals surface area contributed by atoms with Crippen LogP contribution in [0.2, 0.25) is 5.02 Å². The van der Waals surface area contributed by atoms with Crippen molar-refractivity contribution in [3.8, 4) is 0 Å². The maximum absolute atomic E-state index is 13.9. The van der Waals surface area contributed by atoms with Crippen LogP contribution in [0.15, 0.2) is 42.5 Å². The number of amides is 2. The van der Waals surface area contributed by atoms with E-state index >= 15 is 0 Å². The number of hydrogen-bond donors (Lipinski definition) is 1. The van der Waals surface area contributed by atoms with E-state index in [2.05, 4.69) is 12.2 Å². The van der Waals surface area contributed by atoms with Gasteiger partial charge in [-0.15, -0.1) is 0 Å². The van der Waals surface area contributed by atoms with Crippen molar-refractivity contribution in [3.05, 3.63) is 64.4 Å². The standard InChI is InChI=1S/C22H25ClFN3O2/c1-2-16-6-3-4-9-20(16)25-21(28)15-26-10-12-27(13-11-26)22(29)14-17-18(23)7-5-8-19(17)24/h3-9H,2,10-15H2,1H3,(H,25,28). The van der Waals surface area contributed by atoms with Crippen LogP contribution < -0.4 is 5.32 Å². The van der Waals surface area contributed by atoms with Gasteiger partial charge in [-0.1, -0.05) is 42.8 Å². The zero-order valence-electron chi connectivity index (χ0n) is 16.5. The highest BCUT2D eigenvalue weighted by molar-refractivity contribution is 6.31. The Morgan fingerprint density at radius 2 is 1.79 bits per heavy atom. The monoisotopic (exact) mass is 417 g/mol. The van der Waals surface area contributed by atoms with Gasteiger partial charge in [0.1, 0.15) is 5.82 Å². The third kappa shape index (κ3) is 5.55. The summed E-state index contributed by atoms with van der Waals surface area (Å²) in [5.74, 6) is -0.685. The van der Waals surface area contributed by atoms with Crippen LogP contribution in [-0.2, 0) is 22.4 Å². The predicted octanol–water partition coefficient (Wildman–Crippen LogP) is 3.37. The summed E-state index contributed by atoms with van der Waals surface area (Å²) >= 11 is 6.02. The maximum Gasteiger partial charge on any atom is 0.238 e. The minimum atomic E-state index is -0.464. The van der Waals surface area contributed by atoms with Crippen LogP contribution in [-0.4, -0.2) is 54.3 Å². The molecule has 1 N–H and O–H groups in total. The normalized spacial score (nSPS) is 14.7. The van der Waals surface area contributed by atoms with Gasteiger partial charge in [-0.05, 0) is 30.2 Å². The molecule has 0 bridgehead atoms. The lowest BCUT2D eigenvalue weighted by Gasteiger charge is -2.34. The lowest BCUT2D eigenvalue weighted by Crippen LogP contribution is -2.50. The maximum atomic E-state index is 13.9. The first-order valence-electron chi connectivity index (χ1n) is 9.78. The molecule has 0 unspecified atom stereocenters. The Hall–Kier alpha value is -2.44. The highest BCUT2D eigenvalue weighted by Gasteiger charge is 2.24. The zero-order valence-corrected chi connectivity index (χ0v) is 17.2. The van der Waals surface area contributed by atoms with Crippen LogP contribution in [0.5, 0.6) is 0 Å². The highest BCUT2D eigenvalue weighted by atomic mass is 35.5. The molecule has 2 aromatic rings. The van der Waals surface area contributed by atoms with E-state index in [1.165, 1.54) is 12.1 Å². The molecular formula is C22H25ClFN3O2. The number of nitrogens with one attached hydrogen (secondary N) is 1. The summed E-state index contributed by atoms with van der Waals surface area (Å²) in [7, 11) is 0. The minimum Gasteiger partial charge on any atom is -0.340 e. The topological polar surface area (TPSA) is 52.7 Å². The lowest BCUT2D eigenvalue weighted by molar-refractivity contribution is -0.132. The van der Waals surface area contributed by atoms with E-state index in [9.17, 15) is 14.0 Å². The molecule has 0 aliphatic carbocycles. The van der Waals surface area contributed by atoms with E-state index in [1.54, 1.807) is 11.0 Å². The molecule has 1 aliphatic rings. The third-order valence-corrected chi connectivity index (χ3v) is 5.51. The van der Waals surface area contributed by atoms with Crippen molar-refractivity contribution in [2.75, 3.05) is 38.0 Å². The molecule has 1 aliphatic heterocycles. The molecule has 0 aromatic heterocycles. The van der Waals surface area contributed by atoms with Crippen LogP contribution in [0.25, 0.3) is 0 Å². The number of aryl methyl sites for hydroxylation is 1. The van der Waals surface area contributed by atoms with E-state index in [-0.39, 0.29) is 35.4 Å². The molecule has 3 rings (SSSR count). The smallest absolute Gasteiger partial charge is 0.238 e. The molecule has 0 saturated carbocycles. The first-order valence-corrected chi connectivity index (χ1v) is 10.2. The number of halogens is 2. The average Bonchev–Trinajstić information content (AvgIpc) is 2.71. The third-order valence-electron chi connectivity index (χ3n) is 5.15. The molecule has 5 nitrogen and oxygen atoms in total. The van der Waals surface area contributed by atoms with Gasteiger partial charge in [-0.2, -0.15) is 0 Å². The van der Waals surface area contributed by atoms with E-state index in [0.29, 0.717) is 26.2 Å². The predicted molar refractivity (Wildman–Crippen MR) is 113 cm³/mol. The van der Waals surface area contributed by atoms with Gasteiger partial charge in [-0.3, -0.25) is 14.5 Å². The molecule has 1 heterocycles. The second-order valence-electron chi connectivity index (χ2n) is 7.09. The quantitative estimate of drug-likeness (QED) is 0.784. The Kier molecular flexibility index (Phi) is 7.23. The van der Waals surface area contributed by atoms with Gasteiger partial charge in [0, 0.05) is 42.5 Å². The van der Waals surface area contributed by atoms with Crippen molar-refractivity contribution < 1.29 is 14.0 Å². The number of benzene rings is 2. The molecule has 2 aromatic carbocycles. The summed E-state index contributed by atoms with van der Waals surface area (Å²) in [6, 6.07) is 12.2. The number of carbonyl (C=O) groups excluding carboxylic acids is 2. The summed E-state index contributed by atoms with van der Waals surface area (Å²) in [6.07, 6.45) is 0.795. The molecule has 0 atom stereocenters. The Labute approximate surface area is 175 Å². The molecule has 1 fully saturated rings. The van der Waals surface area contributed by atoms with Gasteiger partial charge in [-0.25, -0.2) is 4.39 Å². The van der Waals surface area contributed by atoms with E-state index in [1.807, 2.05) is 29.2 Å². The SMILES string of the molecule is CCc1ccccc1NC(=O)CN1CCN(C(=O)Cc2c(F)cccc2Cl)CC1. The van der Waals surface area contributed by atoms with Crippen molar-refractivity contribution in [1.82, 2.24) is 9.80 Å². The van der Waals surface area contributed by atoms with Crippen LogP contribution >= 0.6 is 11.6 Å². The van der Waals surface area contributed by atoms with Crippen molar-refractivity contribution in [1.29, 1.82) is 0 Å². The number of para-hydroxylation sites is 1. The molecule has 0 spiro atoms. The van der Waals surface area contributed by atoms with Crippen LogP contribution in [0, 0.1) is 5.82 Å². The number of anilines is 1. The fraction of sp³-hybridized carbons (Fsp3) is 0.364. The Morgan fingerprint density at radius 3 is 2.48 bits per heavy atom. The van der Waals surface area contributed by atoms with Crippen molar-refractivity contribution in [2.24, 2.45) is 0 Å². The van der Waals surface area contributed by atoms with Gasteiger partial charge >= 0.3 is 0 Å². The number of nitrogens with zero attached hydrogens (tertiary/aromatic N) is 2. The van der Waals surface area contributed by atoms with Gasteiger partial charge in [0.05, 0.1) is 13.0 Å². The summed E-state index contributed by atoms with van der Waals surface area (Å²) in [4.78, 5) is 28.6.